The summed E-state index contributed by atoms with van der Waals surface area (Å²) in [6, 6.07) is 5.07. The fourth-order valence-electron chi connectivity index (χ4n) is 1.26. The van der Waals surface area contributed by atoms with Crippen molar-refractivity contribution in [3.8, 4) is 5.75 Å². The van der Waals surface area contributed by atoms with Crippen molar-refractivity contribution in [3.63, 3.8) is 0 Å². The van der Waals surface area contributed by atoms with Crippen molar-refractivity contribution in [2.24, 2.45) is 0 Å². The number of ketones is 1. The van der Waals surface area contributed by atoms with Crippen LogP contribution in [0.4, 0.5) is 0 Å². The highest BCUT2D eigenvalue weighted by Crippen LogP contribution is 2.24. The second-order valence-electron chi connectivity index (χ2n) is 3.02. The van der Waals surface area contributed by atoms with E-state index in [0.29, 0.717) is 22.8 Å². The number of carbonyl (C=O) groups excluding carboxylic acids is 1. The lowest BCUT2D eigenvalue weighted by Crippen LogP contribution is -2.01. The number of rotatable bonds is 4. The van der Waals surface area contributed by atoms with Gasteiger partial charge in [-0.1, -0.05) is 18.5 Å². The maximum absolute atomic E-state index is 11.6. The van der Waals surface area contributed by atoms with Gasteiger partial charge in [-0.2, -0.15) is 0 Å². The molecule has 1 aromatic rings. The Kier molecular flexibility index (Phi) is 3.96. The summed E-state index contributed by atoms with van der Waals surface area (Å²) >= 11 is 5.79. The summed E-state index contributed by atoms with van der Waals surface area (Å²) in [7, 11) is 1.54. The number of hydrogen-bond donors (Lipinski definition) is 0. The molecule has 0 bridgehead atoms. The van der Waals surface area contributed by atoms with Gasteiger partial charge < -0.3 is 4.74 Å². The first kappa shape index (κ1) is 11.1. The predicted octanol–water partition coefficient (Wildman–Crippen LogP) is 3.33. The number of ether oxygens (including phenoxy) is 1. The first-order valence-corrected chi connectivity index (χ1v) is 4.93. The van der Waals surface area contributed by atoms with E-state index in [1.165, 1.54) is 7.11 Å². The van der Waals surface area contributed by atoms with Crippen molar-refractivity contribution < 1.29 is 9.53 Å². The monoisotopic (exact) mass is 212 g/mol. The van der Waals surface area contributed by atoms with E-state index in [9.17, 15) is 4.79 Å². The maximum Gasteiger partial charge on any atom is 0.166 e. The van der Waals surface area contributed by atoms with Crippen LogP contribution in [0.2, 0.25) is 5.02 Å². The van der Waals surface area contributed by atoms with Crippen LogP contribution >= 0.6 is 11.6 Å². The Bertz CT molecular complexity index is 334. The van der Waals surface area contributed by atoms with Crippen LogP contribution in [0.25, 0.3) is 0 Å². The Labute approximate surface area is 88.8 Å². The Morgan fingerprint density at radius 1 is 1.50 bits per heavy atom. The van der Waals surface area contributed by atoms with Gasteiger partial charge in [-0.15, -0.1) is 0 Å². The molecule has 0 aliphatic carbocycles. The van der Waals surface area contributed by atoms with Crippen molar-refractivity contribution in [2.45, 2.75) is 19.8 Å². The van der Waals surface area contributed by atoms with Gasteiger partial charge in [0.05, 0.1) is 12.7 Å². The molecule has 1 rings (SSSR count). The molecule has 0 aromatic heterocycles. The van der Waals surface area contributed by atoms with Crippen LogP contribution in [0.5, 0.6) is 5.75 Å². The number of benzene rings is 1. The molecule has 0 radical (unpaired) electrons. The maximum atomic E-state index is 11.6. The smallest absolute Gasteiger partial charge is 0.166 e. The van der Waals surface area contributed by atoms with Gasteiger partial charge in [-0.05, 0) is 24.6 Å². The molecule has 2 nitrogen and oxygen atoms in total. The Morgan fingerprint density at radius 3 is 2.79 bits per heavy atom. The van der Waals surface area contributed by atoms with Gasteiger partial charge in [-0.3, -0.25) is 4.79 Å². The average Bonchev–Trinajstić information content (AvgIpc) is 2.17. The molecule has 14 heavy (non-hydrogen) atoms. The number of halogens is 1. The normalized spacial score (nSPS) is 9.93. The molecule has 1 aromatic carbocycles. The average molecular weight is 213 g/mol. The summed E-state index contributed by atoms with van der Waals surface area (Å²) in [4.78, 5) is 11.6. The van der Waals surface area contributed by atoms with Gasteiger partial charge in [0.25, 0.3) is 0 Å². The van der Waals surface area contributed by atoms with Gasteiger partial charge in [0, 0.05) is 11.4 Å². The molecule has 0 heterocycles. The van der Waals surface area contributed by atoms with Crippen molar-refractivity contribution in [2.75, 3.05) is 7.11 Å². The SMILES string of the molecule is CCCC(=O)c1ccc(Cl)cc1OC. The van der Waals surface area contributed by atoms with E-state index in [1.807, 2.05) is 6.92 Å². The summed E-state index contributed by atoms with van der Waals surface area (Å²) in [5.41, 5.74) is 0.610. The molecule has 0 saturated carbocycles. The lowest BCUT2D eigenvalue weighted by Gasteiger charge is -2.06. The Morgan fingerprint density at radius 2 is 2.21 bits per heavy atom. The third-order valence-electron chi connectivity index (χ3n) is 1.94. The lowest BCUT2D eigenvalue weighted by atomic mass is 10.1. The van der Waals surface area contributed by atoms with E-state index in [2.05, 4.69) is 0 Å². The third kappa shape index (κ3) is 2.48. The van der Waals surface area contributed by atoms with Gasteiger partial charge in [0.1, 0.15) is 5.75 Å². The third-order valence-corrected chi connectivity index (χ3v) is 2.18. The van der Waals surface area contributed by atoms with Gasteiger partial charge in [0.2, 0.25) is 0 Å². The van der Waals surface area contributed by atoms with Crippen LogP contribution in [0.15, 0.2) is 18.2 Å². The zero-order valence-electron chi connectivity index (χ0n) is 8.34. The molecule has 0 saturated heterocycles. The second-order valence-corrected chi connectivity index (χ2v) is 3.45. The quantitative estimate of drug-likeness (QED) is 0.716. The molecule has 0 aliphatic rings. The van der Waals surface area contributed by atoms with E-state index < -0.39 is 0 Å². The van der Waals surface area contributed by atoms with E-state index in [-0.39, 0.29) is 5.78 Å². The van der Waals surface area contributed by atoms with Crippen LogP contribution in [0.1, 0.15) is 30.1 Å². The summed E-state index contributed by atoms with van der Waals surface area (Å²) < 4.78 is 5.09. The van der Waals surface area contributed by atoms with Crippen molar-refractivity contribution in [1.82, 2.24) is 0 Å². The zero-order chi connectivity index (χ0) is 10.6. The molecule has 0 aliphatic heterocycles. The molecule has 0 atom stereocenters. The van der Waals surface area contributed by atoms with Crippen molar-refractivity contribution in [1.29, 1.82) is 0 Å². The molecule has 0 amide bonds. The van der Waals surface area contributed by atoms with Crippen LogP contribution in [0, 0.1) is 0 Å². The fraction of sp³-hybridized carbons (Fsp3) is 0.364. The van der Waals surface area contributed by atoms with Crippen LogP contribution < -0.4 is 4.74 Å². The topological polar surface area (TPSA) is 26.3 Å². The molecule has 3 heteroatoms. The first-order valence-electron chi connectivity index (χ1n) is 4.55. The molecule has 0 unspecified atom stereocenters. The number of carbonyl (C=O) groups is 1. The van der Waals surface area contributed by atoms with E-state index in [0.717, 1.165) is 6.42 Å². The molecular formula is C11H13ClO2. The van der Waals surface area contributed by atoms with Crippen LogP contribution in [0.3, 0.4) is 0 Å². The molecule has 76 valence electrons. The van der Waals surface area contributed by atoms with E-state index >= 15 is 0 Å². The van der Waals surface area contributed by atoms with Gasteiger partial charge in [-0.25, -0.2) is 0 Å². The lowest BCUT2D eigenvalue weighted by molar-refractivity contribution is 0.0979. The second kappa shape index (κ2) is 5.01. The summed E-state index contributed by atoms with van der Waals surface area (Å²) in [6.07, 6.45) is 1.38. The number of hydrogen-bond acceptors (Lipinski definition) is 2. The highest BCUT2D eigenvalue weighted by atomic mass is 35.5. The fourth-order valence-corrected chi connectivity index (χ4v) is 1.42. The van der Waals surface area contributed by atoms with Crippen molar-refractivity contribution >= 4 is 17.4 Å². The van der Waals surface area contributed by atoms with Crippen LogP contribution in [-0.4, -0.2) is 12.9 Å². The molecule has 0 N–H and O–H groups in total. The van der Waals surface area contributed by atoms with Gasteiger partial charge >= 0.3 is 0 Å². The largest absolute Gasteiger partial charge is 0.496 e. The van der Waals surface area contributed by atoms with E-state index in [4.69, 9.17) is 16.3 Å². The summed E-state index contributed by atoms with van der Waals surface area (Å²) in [5.74, 6) is 0.650. The highest BCUT2D eigenvalue weighted by Gasteiger charge is 2.11. The summed E-state index contributed by atoms with van der Waals surface area (Å²) in [6.45, 7) is 1.97. The Balaban J connectivity index is 3.01. The first-order chi connectivity index (χ1) is 6.69. The Hall–Kier alpha value is -1.02. The molecule has 0 spiro atoms. The minimum atomic E-state index is 0.0982. The zero-order valence-corrected chi connectivity index (χ0v) is 9.10. The van der Waals surface area contributed by atoms with Crippen molar-refractivity contribution in [3.05, 3.63) is 28.8 Å². The summed E-state index contributed by atoms with van der Waals surface area (Å²) in [5, 5.41) is 0.579. The minimum Gasteiger partial charge on any atom is -0.496 e. The number of Topliss-reactive ketones (excluding diaryl/α,β-unsaturated/α-hetero) is 1. The van der Waals surface area contributed by atoms with E-state index in [1.54, 1.807) is 18.2 Å². The molecule has 0 fully saturated rings. The molecular weight excluding hydrogens is 200 g/mol. The number of methoxy groups -OCH3 is 1. The minimum absolute atomic E-state index is 0.0982. The van der Waals surface area contributed by atoms with Gasteiger partial charge in [0.15, 0.2) is 5.78 Å². The highest BCUT2D eigenvalue weighted by molar-refractivity contribution is 6.30. The predicted molar refractivity (Wildman–Crippen MR) is 57.2 cm³/mol. The standard InChI is InChI=1S/C11H13ClO2/c1-3-4-10(13)9-6-5-8(12)7-11(9)14-2/h5-7H,3-4H2,1-2H3. The van der Waals surface area contributed by atoms with Crippen LogP contribution in [-0.2, 0) is 0 Å².